The van der Waals surface area contributed by atoms with Gasteiger partial charge in [-0.2, -0.15) is 5.10 Å². The third-order valence-electron chi connectivity index (χ3n) is 3.66. The van der Waals surface area contributed by atoms with Crippen LogP contribution in [0.4, 0.5) is 0 Å². The van der Waals surface area contributed by atoms with Crippen LogP contribution in [-0.2, 0) is 4.79 Å². The maximum atomic E-state index is 11.9. The van der Waals surface area contributed by atoms with Gasteiger partial charge in [0, 0.05) is 23.4 Å². The zero-order chi connectivity index (χ0) is 15.7. The van der Waals surface area contributed by atoms with E-state index in [0.717, 1.165) is 16.8 Å². The summed E-state index contributed by atoms with van der Waals surface area (Å²) in [6.45, 7) is 1.51. The number of hydrogen-bond acceptors (Lipinski definition) is 2. The van der Waals surface area contributed by atoms with Gasteiger partial charge >= 0.3 is 0 Å². The summed E-state index contributed by atoms with van der Waals surface area (Å²) in [5.74, 6) is -0.109. The van der Waals surface area contributed by atoms with Crippen LogP contribution in [0.5, 0.6) is 0 Å². The average Bonchev–Trinajstić information content (AvgIpc) is 2.93. The zero-order valence-corrected chi connectivity index (χ0v) is 13.5. The van der Waals surface area contributed by atoms with Gasteiger partial charge in [0.15, 0.2) is 0 Å². The van der Waals surface area contributed by atoms with Gasteiger partial charge in [0.2, 0.25) is 5.91 Å². The van der Waals surface area contributed by atoms with Crippen LogP contribution >= 0.6 is 23.2 Å². The molecule has 0 saturated carbocycles. The van der Waals surface area contributed by atoms with E-state index >= 15 is 0 Å². The number of amides is 1. The van der Waals surface area contributed by atoms with E-state index in [1.165, 1.54) is 11.9 Å². The molecular weight excluding hydrogens is 319 g/mol. The number of carbonyl (C=O) groups is 1. The van der Waals surface area contributed by atoms with Crippen molar-refractivity contribution in [3.63, 3.8) is 0 Å². The number of nitrogens with zero attached hydrogens (tertiary/aromatic N) is 2. The molecule has 0 bridgehead atoms. The van der Waals surface area contributed by atoms with E-state index in [1.54, 1.807) is 12.1 Å². The second-order valence-corrected chi connectivity index (χ2v) is 6.01. The molecule has 3 nitrogen and oxygen atoms in total. The van der Waals surface area contributed by atoms with Crippen molar-refractivity contribution in [3.05, 3.63) is 69.7 Å². The fourth-order valence-electron chi connectivity index (χ4n) is 2.62. The maximum Gasteiger partial charge on any atom is 0.240 e. The molecule has 0 spiro atoms. The van der Waals surface area contributed by atoms with E-state index in [0.29, 0.717) is 16.5 Å². The fraction of sp³-hybridized carbons (Fsp3) is 0.176. The molecule has 5 heteroatoms. The summed E-state index contributed by atoms with van der Waals surface area (Å²) in [4.78, 5) is 11.9. The molecule has 1 atom stereocenters. The Bertz CT molecular complexity index is 744. The molecule has 22 heavy (non-hydrogen) atoms. The Kier molecular flexibility index (Phi) is 4.19. The van der Waals surface area contributed by atoms with E-state index < -0.39 is 0 Å². The SMILES string of the molecule is CC(=O)N1N=C(c2ccccc2)CC1c1ccc(Cl)cc1Cl. The van der Waals surface area contributed by atoms with Gasteiger partial charge in [0.25, 0.3) is 0 Å². The van der Waals surface area contributed by atoms with E-state index in [1.807, 2.05) is 36.4 Å². The molecule has 0 saturated heterocycles. The van der Waals surface area contributed by atoms with Gasteiger partial charge < -0.3 is 0 Å². The molecule has 0 radical (unpaired) electrons. The minimum atomic E-state index is -0.197. The largest absolute Gasteiger partial charge is 0.273 e. The van der Waals surface area contributed by atoms with E-state index in [-0.39, 0.29) is 11.9 Å². The van der Waals surface area contributed by atoms with Crippen molar-refractivity contribution >= 4 is 34.8 Å². The summed E-state index contributed by atoms with van der Waals surface area (Å²) in [6, 6.07) is 15.0. The van der Waals surface area contributed by atoms with Crippen LogP contribution in [0, 0.1) is 0 Å². The number of halogens is 2. The Balaban J connectivity index is 1.98. The lowest BCUT2D eigenvalue weighted by atomic mass is 9.98. The Hall–Kier alpha value is -1.84. The Morgan fingerprint density at radius 3 is 2.55 bits per heavy atom. The molecule has 0 N–H and O–H groups in total. The van der Waals surface area contributed by atoms with Crippen molar-refractivity contribution in [3.8, 4) is 0 Å². The minimum absolute atomic E-state index is 0.109. The number of hydrogen-bond donors (Lipinski definition) is 0. The molecule has 3 rings (SSSR count). The average molecular weight is 333 g/mol. The normalized spacial score (nSPS) is 17.5. The minimum Gasteiger partial charge on any atom is -0.273 e. The number of benzene rings is 2. The van der Waals surface area contributed by atoms with Gasteiger partial charge in [-0.1, -0.05) is 59.6 Å². The highest BCUT2D eigenvalue weighted by molar-refractivity contribution is 6.35. The van der Waals surface area contributed by atoms with Crippen molar-refractivity contribution in [2.45, 2.75) is 19.4 Å². The first-order valence-electron chi connectivity index (χ1n) is 6.94. The molecule has 0 fully saturated rings. The van der Waals surface area contributed by atoms with Crippen LogP contribution in [0.15, 0.2) is 53.6 Å². The van der Waals surface area contributed by atoms with Gasteiger partial charge in [0.1, 0.15) is 0 Å². The first kappa shape index (κ1) is 15.1. The summed E-state index contributed by atoms with van der Waals surface area (Å²) < 4.78 is 0. The first-order chi connectivity index (χ1) is 10.6. The molecule has 1 aliphatic heterocycles. The number of rotatable bonds is 2. The van der Waals surface area contributed by atoms with Gasteiger partial charge in [-0.15, -0.1) is 0 Å². The molecule has 2 aromatic carbocycles. The number of hydrazone groups is 1. The topological polar surface area (TPSA) is 32.7 Å². The highest BCUT2D eigenvalue weighted by Crippen LogP contribution is 2.37. The summed E-state index contributed by atoms with van der Waals surface area (Å²) in [5.41, 5.74) is 2.75. The van der Waals surface area contributed by atoms with Crippen LogP contribution in [0.1, 0.15) is 30.5 Å². The summed E-state index contributed by atoms with van der Waals surface area (Å²) in [5, 5.41) is 7.11. The Morgan fingerprint density at radius 1 is 1.18 bits per heavy atom. The molecule has 1 aliphatic rings. The van der Waals surface area contributed by atoms with Crippen molar-refractivity contribution in [1.29, 1.82) is 0 Å². The smallest absolute Gasteiger partial charge is 0.240 e. The molecule has 1 heterocycles. The van der Waals surface area contributed by atoms with Crippen LogP contribution in [0.25, 0.3) is 0 Å². The monoisotopic (exact) mass is 332 g/mol. The van der Waals surface area contributed by atoms with Gasteiger partial charge in [-0.05, 0) is 23.3 Å². The standard InChI is InChI=1S/C17H14Cl2N2O/c1-11(22)21-17(14-8-7-13(18)9-15(14)19)10-16(20-21)12-5-3-2-4-6-12/h2-9,17H,10H2,1H3. The second kappa shape index (κ2) is 6.11. The Labute approximate surface area is 139 Å². The van der Waals surface area contributed by atoms with E-state index in [2.05, 4.69) is 5.10 Å². The zero-order valence-electron chi connectivity index (χ0n) is 12.0. The quantitative estimate of drug-likeness (QED) is 0.785. The highest BCUT2D eigenvalue weighted by Gasteiger charge is 2.32. The molecule has 0 aromatic heterocycles. The Morgan fingerprint density at radius 2 is 1.91 bits per heavy atom. The highest BCUT2D eigenvalue weighted by atomic mass is 35.5. The van der Waals surface area contributed by atoms with Gasteiger partial charge in [-0.3, -0.25) is 4.79 Å². The van der Waals surface area contributed by atoms with Crippen LogP contribution < -0.4 is 0 Å². The number of carbonyl (C=O) groups excluding carboxylic acids is 1. The maximum absolute atomic E-state index is 11.9. The van der Waals surface area contributed by atoms with Crippen LogP contribution in [-0.4, -0.2) is 16.6 Å². The van der Waals surface area contributed by atoms with Crippen molar-refractivity contribution in [2.75, 3.05) is 0 Å². The fourth-order valence-corrected chi connectivity index (χ4v) is 3.15. The van der Waals surface area contributed by atoms with Crippen molar-refractivity contribution < 1.29 is 4.79 Å². The van der Waals surface area contributed by atoms with Crippen LogP contribution in [0.2, 0.25) is 10.0 Å². The van der Waals surface area contributed by atoms with Gasteiger partial charge in [0.05, 0.1) is 11.8 Å². The van der Waals surface area contributed by atoms with Crippen LogP contribution in [0.3, 0.4) is 0 Å². The lowest BCUT2D eigenvalue weighted by Gasteiger charge is -2.21. The predicted octanol–water partition coefficient (Wildman–Crippen LogP) is 4.69. The summed E-state index contributed by atoms with van der Waals surface area (Å²) in [7, 11) is 0. The lowest BCUT2D eigenvalue weighted by molar-refractivity contribution is -0.130. The first-order valence-corrected chi connectivity index (χ1v) is 7.69. The summed E-state index contributed by atoms with van der Waals surface area (Å²) >= 11 is 12.3. The predicted molar refractivity (Wildman–Crippen MR) is 89.3 cm³/mol. The molecular formula is C17H14Cl2N2O. The molecule has 1 unspecified atom stereocenters. The lowest BCUT2D eigenvalue weighted by Crippen LogP contribution is -2.24. The molecule has 112 valence electrons. The van der Waals surface area contributed by atoms with E-state index in [4.69, 9.17) is 23.2 Å². The third-order valence-corrected chi connectivity index (χ3v) is 4.22. The summed E-state index contributed by atoms with van der Waals surface area (Å²) in [6.07, 6.45) is 0.630. The second-order valence-electron chi connectivity index (χ2n) is 5.16. The molecule has 1 amide bonds. The van der Waals surface area contributed by atoms with Gasteiger partial charge in [-0.25, -0.2) is 5.01 Å². The van der Waals surface area contributed by atoms with Crippen molar-refractivity contribution in [1.82, 2.24) is 5.01 Å². The third kappa shape index (κ3) is 2.87. The van der Waals surface area contributed by atoms with E-state index in [9.17, 15) is 4.79 Å². The molecule has 0 aliphatic carbocycles. The molecule has 2 aromatic rings. The van der Waals surface area contributed by atoms with Crippen molar-refractivity contribution in [2.24, 2.45) is 5.10 Å².